The van der Waals surface area contributed by atoms with Crippen LogP contribution in [0.3, 0.4) is 0 Å². The second kappa shape index (κ2) is 5.47. The van der Waals surface area contributed by atoms with Crippen LogP contribution in [0, 0.1) is 5.92 Å². The first kappa shape index (κ1) is 10.8. The van der Waals surface area contributed by atoms with Gasteiger partial charge in [0.15, 0.2) is 0 Å². The minimum atomic E-state index is 0.165. The first-order chi connectivity index (χ1) is 6.77. The van der Waals surface area contributed by atoms with Crippen molar-refractivity contribution in [1.29, 1.82) is 0 Å². The highest BCUT2D eigenvalue weighted by Crippen LogP contribution is 2.17. The lowest BCUT2D eigenvalue weighted by atomic mass is 10.1. The Morgan fingerprint density at radius 3 is 3.21 bits per heavy atom. The Bertz CT molecular complexity index is 248. The largest absolute Gasteiger partial charge is 0.341 e. The number of carbonyl (C=O) groups is 1. The molecule has 1 unspecified atom stereocenters. The van der Waals surface area contributed by atoms with Crippen LogP contribution < -0.4 is 5.32 Å². The van der Waals surface area contributed by atoms with Gasteiger partial charge in [0, 0.05) is 37.5 Å². The highest BCUT2D eigenvalue weighted by Gasteiger charge is 2.28. The summed E-state index contributed by atoms with van der Waals surface area (Å²) in [6.07, 6.45) is 0.517. The third kappa shape index (κ3) is 2.90. The smallest absolute Gasteiger partial charge is 0.222 e. The minimum Gasteiger partial charge on any atom is -0.341 e. The third-order valence-electron chi connectivity index (χ3n) is 2.33. The molecule has 1 amide bonds. The zero-order valence-electron chi connectivity index (χ0n) is 8.31. The Hall–Kier alpha value is -1.26. The van der Waals surface area contributed by atoms with E-state index in [1.54, 1.807) is 0 Å². The van der Waals surface area contributed by atoms with Crippen molar-refractivity contribution >= 4 is 5.91 Å². The zero-order valence-corrected chi connectivity index (χ0v) is 8.31. The van der Waals surface area contributed by atoms with Gasteiger partial charge in [0.25, 0.3) is 0 Å². The highest BCUT2D eigenvalue weighted by molar-refractivity contribution is 5.78. The van der Waals surface area contributed by atoms with Gasteiger partial charge in [-0.3, -0.25) is 4.79 Å². The van der Waals surface area contributed by atoms with Gasteiger partial charge in [0.05, 0.1) is 0 Å². The molecule has 1 rings (SSSR count). The van der Waals surface area contributed by atoms with Crippen molar-refractivity contribution in [2.75, 3.05) is 33.2 Å². The standard InChI is InChI=1S/C8H15N5O/c1-10-2-3-13-6-7(4-8(13)14)5-11-12-9/h7,10H,2-6H2,1H3. The maximum Gasteiger partial charge on any atom is 0.222 e. The predicted octanol–water partition coefficient (Wildman–Crippen LogP) is 0.365. The number of rotatable bonds is 5. The molecule has 0 saturated carbocycles. The fraction of sp³-hybridized carbons (Fsp3) is 0.875. The van der Waals surface area contributed by atoms with Crippen LogP contribution in [0.2, 0.25) is 0 Å². The number of carbonyl (C=O) groups excluding carboxylic acids is 1. The van der Waals surface area contributed by atoms with E-state index in [9.17, 15) is 4.79 Å². The normalized spacial score (nSPS) is 21.1. The number of likely N-dealkylation sites (N-methyl/N-ethyl adjacent to an activating group) is 1. The summed E-state index contributed by atoms with van der Waals surface area (Å²) in [7, 11) is 1.86. The van der Waals surface area contributed by atoms with Crippen LogP contribution in [-0.4, -0.2) is 44.0 Å². The molecule has 0 bridgehead atoms. The molecule has 1 saturated heterocycles. The third-order valence-corrected chi connectivity index (χ3v) is 2.33. The summed E-state index contributed by atoms with van der Waals surface area (Å²) in [6.45, 7) is 2.69. The van der Waals surface area contributed by atoms with Crippen molar-refractivity contribution in [3.63, 3.8) is 0 Å². The van der Waals surface area contributed by atoms with E-state index in [2.05, 4.69) is 15.3 Å². The first-order valence-electron chi connectivity index (χ1n) is 4.71. The summed E-state index contributed by atoms with van der Waals surface area (Å²) in [5.41, 5.74) is 8.15. The first-order valence-corrected chi connectivity index (χ1v) is 4.71. The Morgan fingerprint density at radius 2 is 2.57 bits per heavy atom. The van der Waals surface area contributed by atoms with Crippen molar-refractivity contribution < 1.29 is 4.79 Å². The highest BCUT2D eigenvalue weighted by atomic mass is 16.2. The zero-order chi connectivity index (χ0) is 10.4. The average Bonchev–Trinajstić information content (AvgIpc) is 2.53. The molecule has 1 fully saturated rings. The Labute approximate surface area is 82.9 Å². The lowest BCUT2D eigenvalue weighted by molar-refractivity contribution is -0.127. The molecule has 0 aromatic heterocycles. The molecule has 0 radical (unpaired) electrons. The van der Waals surface area contributed by atoms with Crippen molar-refractivity contribution in [2.24, 2.45) is 11.0 Å². The maximum absolute atomic E-state index is 11.4. The van der Waals surface area contributed by atoms with Crippen molar-refractivity contribution in [2.45, 2.75) is 6.42 Å². The molecule has 78 valence electrons. The number of nitrogens with zero attached hydrogens (tertiary/aromatic N) is 4. The number of likely N-dealkylation sites (tertiary alicyclic amines) is 1. The Morgan fingerprint density at radius 1 is 1.79 bits per heavy atom. The van der Waals surface area contributed by atoms with E-state index in [1.165, 1.54) is 0 Å². The van der Waals surface area contributed by atoms with Crippen molar-refractivity contribution in [3.05, 3.63) is 10.4 Å². The van der Waals surface area contributed by atoms with Crippen LogP contribution in [0.15, 0.2) is 5.11 Å². The van der Waals surface area contributed by atoms with Crippen LogP contribution in [0.25, 0.3) is 10.4 Å². The quantitative estimate of drug-likeness (QED) is 0.392. The molecule has 14 heavy (non-hydrogen) atoms. The summed E-state index contributed by atoms with van der Waals surface area (Å²) in [6, 6.07) is 0. The molecule has 0 aliphatic carbocycles. The van der Waals surface area contributed by atoms with Gasteiger partial charge in [-0.2, -0.15) is 0 Å². The Kier molecular flexibility index (Phi) is 4.22. The molecule has 0 aromatic carbocycles. The predicted molar refractivity (Wildman–Crippen MR) is 52.6 cm³/mol. The molecule has 1 N–H and O–H groups in total. The van der Waals surface area contributed by atoms with Gasteiger partial charge in [-0.05, 0) is 18.5 Å². The Balaban J connectivity index is 2.35. The molecule has 1 aliphatic rings. The summed E-state index contributed by atoms with van der Waals surface area (Å²) in [5, 5.41) is 6.49. The second-order valence-corrected chi connectivity index (χ2v) is 3.43. The van der Waals surface area contributed by atoms with Crippen molar-refractivity contribution in [3.8, 4) is 0 Å². The van der Waals surface area contributed by atoms with E-state index in [4.69, 9.17) is 5.53 Å². The van der Waals surface area contributed by atoms with Crippen LogP contribution >= 0.6 is 0 Å². The summed E-state index contributed by atoms with van der Waals surface area (Å²) in [4.78, 5) is 15.9. The number of azide groups is 1. The molecular weight excluding hydrogens is 182 g/mol. The lowest BCUT2D eigenvalue weighted by Gasteiger charge is -2.15. The SMILES string of the molecule is CNCCN1CC(CN=[N+]=[N-])CC1=O. The molecule has 6 nitrogen and oxygen atoms in total. The van der Waals surface area contributed by atoms with E-state index >= 15 is 0 Å². The van der Waals surface area contributed by atoms with E-state index in [0.717, 1.165) is 19.6 Å². The monoisotopic (exact) mass is 197 g/mol. The average molecular weight is 197 g/mol. The van der Waals surface area contributed by atoms with Gasteiger partial charge in [-0.25, -0.2) is 0 Å². The van der Waals surface area contributed by atoms with Gasteiger partial charge >= 0.3 is 0 Å². The van der Waals surface area contributed by atoms with E-state index in [1.807, 2.05) is 11.9 Å². The molecule has 1 atom stereocenters. The number of nitrogens with one attached hydrogen (secondary N) is 1. The van der Waals surface area contributed by atoms with Gasteiger partial charge in [0.1, 0.15) is 0 Å². The summed E-state index contributed by atoms with van der Waals surface area (Å²) in [5.74, 6) is 0.369. The van der Waals surface area contributed by atoms with Gasteiger partial charge in [-0.1, -0.05) is 5.11 Å². The van der Waals surface area contributed by atoms with Crippen LogP contribution in [0.4, 0.5) is 0 Å². The number of hydrogen-bond donors (Lipinski definition) is 1. The van der Waals surface area contributed by atoms with E-state index in [0.29, 0.717) is 13.0 Å². The summed E-state index contributed by atoms with van der Waals surface area (Å²) < 4.78 is 0. The van der Waals surface area contributed by atoms with Crippen LogP contribution in [-0.2, 0) is 4.79 Å². The van der Waals surface area contributed by atoms with Crippen molar-refractivity contribution in [1.82, 2.24) is 10.2 Å². The fourth-order valence-electron chi connectivity index (χ4n) is 1.59. The van der Waals surface area contributed by atoms with Crippen LogP contribution in [0.1, 0.15) is 6.42 Å². The second-order valence-electron chi connectivity index (χ2n) is 3.43. The minimum absolute atomic E-state index is 0.165. The van der Waals surface area contributed by atoms with E-state index in [-0.39, 0.29) is 11.8 Å². The molecule has 0 aromatic rings. The van der Waals surface area contributed by atoms with Gasteiger partial charge in [-0.15, -0.1) is 0 Å². The summed E-state index contributed by atoms with van der Waals surface area (Å²) >= 11 is 0. The number of amides is 1. The molecule has 1 aliphatic heterocycles. The van der Waals surface area contributed by atoms with Gasteiger partial charge in [0.2, 0.25) is 5.91 Å². The molecule has 6 heteroatoms. The molecule has 1 heterocycles. The van der Waals surface area contributed by atoms with Crippen LogP contribution in [0.5, 0.6) is 0 Å². The maximum atomic E-state index is 11.4. The van der Waals surface area contributed by atoms with E-state index < -0.39 is 0 Å². The topological polar surface area (TPSA) is 81.1 Å². The molecular formula is C8H15N5O. The van der Waals surface area contributed by atoms with Gasteiger partial charge < -0.3 is 10.2 Å². The molecule has 0 spiro atoms. The number of hydrogen-bond acceptors (Lipinski definition) is 3. The lowest BCUT2D eigenvalue weighted by Crippen LogP contribution is -2.32. The fourth-order valence-corrected chi connectivity index (χ4v) is 1.59.